The van der Waals surface area contributed by atoms with Crippen LogP contribution in [0.25, 0.3) is 11.3 Å². The second-order valence-electron chi connectivity index (χ2n) is 6.74. The number of nitrogens with zero attached hydrogens (tertiary/aromatic N) is 2. The van der Waals surface area contributed by atoms with Crippen molar-refractivity contribution in [3.8, 4) is 11.3 Å². The van der Waals surface area contributed by atoms with Crippen LogP contribution in [0.2, 0.25) is 5.02 Å². The van der Waals surface area contributed by atoms with E-state index in [4.69, 9.17) is 16.1 Å². The highest BCUT2D eigenvalue weighted by molar-refractivity contribution is 6.33. The molecule has 0 fully saturated rings. The predicted molar refractivity (Wildman–Crippen MR) is 108 cm³/mol. The van der Waals surface area contributed by atoms with E-state index in [1.165, 1.54) is 0 Å². The van der Waals surface area contributed by atoms with Gasteiger partial charge in [0.05, 0.1) is 16.4 Å². The lowest BCUT2D eigenvalue weighted by molar-refractivity contribution is -0.116. The number of hydrogen-bond acceptors (Lipinski definition) is 4. The normalized spacial score (nSPS) is 16.3. The summed E-state index contributed by atoms with van der Waals surface area (Å²) in [6, 6.07) is 14.1. The average molecular weight is 396 g/mol. The molecule has 142 valence electrons. The summed E-state index contributed by atoms with van der Waals surface area (Å²) in [5.41, 5.74) is 2.58. The number of carbonyl (C=O) groups excluding carboxylic acids is 2. The van der Waals surface area contributed by atoms with Crippen molar-refractivity contribution in [3.63, 3.8) is 0 Å². The average Bonchev–Trinajstić information content (AvgIpc) is 2.98. The molecule has 1 atom stereocenters. The first-order valence-electron chi connectivity index (χ1n) is 8.91. The number of rotatable bonds is 2. The summed E-state index contributed by atoms with van der Waals surface area (Å²) in [5.74, 6) is -0.0260. The van der Waals surface area contributed by atoms with Crippen LogP contribution in [0.3, 0.4) is 0 Å². The first kappa shape index (κ1) is 18.3. The van der Waals surface area contributed by atoms with E-state index in [1.807, 2.05) is 37.3 Å². The van der Waals surface area contributed by atoms with Gasteiger partial charge in [0, 0.05) is 18.0 Å². The number of carbonyl (C=O) groups is 2. The van der Waals surface area contributed by atoms with E-state index in [9.17, 15) is 9.59 Å². The van der Waals surface area contributed by atoms with Crippen molar-refractivity contribution in [2.45, 2.75) is 26.3 Å². The van der Waals surface area contributed by atoms with Gasteiger partial charge in [-0.15, -0.1) is 0 Å². The Morgan fingerprint density at radius 2 is 1.93 bits per heavy atom. The Morgan fingerprint density at radius 3 is 2.71 bits per heavy atom. The summed E-state index contributed by atoms with van der Waals surface area (Å²) in [5, 5.41) is 7.43. The first-order chi connectivity index (χ1) is 13.5. The highest BCUT2D eigenvalue weighted by Gasteiger charge is 2.34. The zero-order chi connectivity index (χ0) is 19.8. The van der Waals surface area contributed by atoms with E-state index in [2.05, 4.69) is 10.5 Å². The van der Waals surface area contributed by atoms with Crippen LogP contribution in [0.4, 0.5) is 11.4 Å². The van der Waals surface area contributed by atoms with Crippen LogP contribution in [0.1, 0.15) is 29.5 Å². The van der Waals surface area contributed by atoms with Gasteiger partial charge in [0.25, 0.3) is 5.91 Å². The van der Waals surface area contributed by atoms with Gasteiger partial charge in [-0.25, -0.2) is 0 Å². The molecule has 4 rings (SSSR count). The standard InChI is InChI=1S/C21H18ClN3O3/c1-12-11-18(26)23-16-9-5-6-10-17(16)25(12)21(27)19-13(2)28-24-20(19)14-7-3-4-8-15(14)22/h3-10,12H,11H2,1-2H3,(H,23,26). The van der Waals surface area contributed by atoms with Crippen LogP contribution in [0.15, 0.2) is 53.1 Å². The van der Waals surface area contributed by atoms with Gasteiger partial charge in [-0.1, -0.05) is 47.1 Å². The minimum Gasteiger partial charge on any atom is -0.360 e. The van der Waals surface area contributed by atoms with Crippen molar-refractivity contribution in [1.29, 1.82) is 0 Å². The van der Waals surface area contributed by atoms with Crippen LogP contribution < -0.4 is 10.2 Å². The predicted octanol–water partition coefficient (Wildman–Crippen LogP) is 4.68. The molecule has 1 aliphatic heterocycles. The third-order valence-corrected chi connectivity index (χ3v) is 5.11. The van der Waals surface area contributed by atoms with E-state index in [0.29, 0.717) is 39.0 Å². The molecular weight excluding hydrogens is 378 g/mol. The fourth-order valence-corrected chi connectivity index (χ4v) is 3.70. The third kappa shape index (κ3) is 3.05. The van der Waals surface area contributed by atoms with Crippen LogP contribution >= 0.6 is 11.6 Å². The lowest BCUT2D eigenvalue weighted by atomic mass is 10.0. The van der Waals surface area contributed by atoms with E-state index in [1.54, 1.807) is 30.0 Å². The van der Waals surface area contributed by atoms with E-state index < -0.39 is 0 Å². The summed E-state index contributed by atoms with van der Waals surface area (Å²) in [4.78, 5) is 27.5. The maximum absolute atomic E-state index is 13.7. The number of amides is 2. The Balaban J connectivity index is 1.86. The van der Waals surface area contributed by atoms with Crippen LogP contribution in [0.5, 0.6) is 0 Å². The number of anilines is 2. The lowest BCUT2D eigenvalue weighted by Crippen LogP contribution is -2.39. The molecule has 0 radical (unpaired) electrons. The molecule has 1 unspecified atom stereocenters. The number of hydrogen-bond donors (Lipinski definition) is 1. The Hall–Kier alpha value is -3.12. The Labute approximate surface area is 167 Å². The molecule has 2 aromatic carbocycles. The monoisotopic (exact) mass is 395 g/mol. The molecular formula is C21H18ClN3O3. The molecule has 0 saturated heterocycles. The van der Waals surface area contributed by atoms with Gasteiger partial charge < -0.3 is 14.7 Å². The second-order valence-corrected chi connectivity index (χ2v) is 7.14. The molecule has 7 heteroatoms. The number of fused-ring (bicyclic) bond motifs is 1. The minimum atomic E-state index is -0.343. The number of nitrogens with one attached hydrogen (secondary N) is 1. The Morgan fingerprint density at radius 1 is 1.21 bits per heavy atom. The van der Waals surface area contributed by atoms with Gasteiger partial charge in [0.15, 0.2) is 0 Å². The van der Waals surface area contributed by atoms with Crippen LogP contribution in [-0.4, -0.2) is 23.0 Å². The lowest BCUT2D eigenvalue weighted by Gasteiger charge is -2.27. The highest BCUT2D eigenvalue weighted by Crippen LogP contribution is 2.36. The van der Waals surface area contributed by atoms with Crippen LogP contribution in [0, 0.1) is 6.92 Å². The van der Waals surface area contributed by atoms with Crippen LogP contribution in [-0.2, 0) is 4.79 Å². The number of benzene rings is 2. The van der Waals surface area contributed by atoms with Gasteiger partial charge in [-0.2, -0.15) is 0 Å². The zero-order valence-corrected chi connectivity index (χ0v) is 16.2. The Bertz CT molecular complexity index is 1080. The molecule has 2 amide bonds. The van der Waals surface area contributed by atoms with Gasteiger partial charge in [-0.05, 0) is 32.0 Å². The molecule has 3 aromatic rings. The molecule has 0 spiro atoms. The number of para-hydroxylation sites is 2. The van der Waals surface area contributed by atoms with Crippen molar-refractivity contribution in [2.24, 2.45) is 0 Å². The maximum Gasteiger partial charge on any atom is 0.264 e. The quantitative estimate of drug-likeness (QED) is 0.683. The molecule has 1 N–H and O–H groups in total. The first-order valence-corrected chi connectivity index (χ1v) is 9.28. The van der Waals surface area contributed by atoms with Crippen molar-refractivity contribution >= 4 is 34.8 Å². The number of aromatic nitrogens is 1. The molecule has 28 heavy (non-hydrogen) atoms. The van der Waals surface area contributed by atoms with E-state index in [0.717, 1.165) is 0 Å². The summed E-state index contributed by atoms with van der Waals surface area (Å²) in [6.07, 6.45) is 0.187. The molecule has 0 bridgehead atoms. The van der Waals surface area contributed by atoms with Gasteiger partial charge >= 0.3 is 0 Å². The van der Waals surface area contributed by atoms with Crippen molar-refractivity contribution in [2.75, 3.05) is 10.2 Å². The summed E-state index contributed by atoms with van der Waals surface area (Å²) in [7, 11) is 0. The van der Waals surface area contributed by atoms with Gasteiger partial charge in [0.2, 0.25) is 5.91 Å². The topological polar surface area (TPSA) is 75.4 Å². The fraction of sp³-hybridized carbons (Fsp3) is 0.190. The fourth-order valence-electron chi connectivity index (χ4n) is 3.48. The molecule has 1 aromatic heterocycles. The highest BCUT2D eigenvalue weighted by atomic mass is 35.5. The minimum absolute atomic E-state index is 0.136. The molecule has 1 aliphatic rings. The maximum atomic E-state index is 13.7. The number of aryl methyl sites for hydroxylation is 1. The van der Waals surface area contributed by atoms with Crippen molar-refractivity contribution < 1.29 is 14.1 Å². The summed E-state index contributed by atoms with van der Waals surface area (Å²) in [6.45, 7) is 3.54. The smallest absolute Gasteiger partial charge is 0.264 e. The van der Waals surface area contributed by atoms with Gasteiger partial charge in [0.1, 0.15) is 17.0 Å². The summed E-state index contributed by atoms with van der Waals surface area (Å²) < 4.78 is 5.35. The molecule has 0 aliphatic carbocycles. The summed E-state index contributed by atoms with van der Waals surface area (Å²) >= 11 is 6.32. The second kappa shape index (κ2) is 7.13. The van der Waals surface area contributed by atoms with E-state index >= 15 is 0 Å². The Kier molecular flexibility index (Phi) is 4.65. The molecule has 0 saturated carbocycles. The largest absolute Gasteiger partial charge is 0.360 e. The van der Waals surface area contributed by atoms with Gasteiger partial charge in [-0.3, -0.25) is 9.59 Å². The van der Waals surface area contributed by atoms with E-state index in [-0.39, 0.29) is 24.3 Å². The SMILES string of the molecule is Cc1onc(-c2ccccc2Cl)c1C(=O)N1c2ccccc2NC(=O)CC1C. The van der Waals surface area contributed by atoms with Crippen molar-refractivity contribution in [1.82, 2.24) is 5.16 Å². The molecule has 6 nitrogen and oxygen atoms in total. The zero-order valence-electron chi connectivity index (χ0n) is 15.4. The van der Waals surface area contributed by atoms with Crippen molar-refractivity contribution in [3.05, 3.63) is 64.9 Å². The molecule has 2 heterocycles. The number of halogens is 1. The third-order valence-electron chi connectivity index (χ3n) is 4.78.